The van der Waals surface area contributed by atoms with E-state index in [1.165, 1.54) is 4.31 Å². The van der Waals surface area contributed by atoms with E-state index in [1.54, 1.807) is 72.8 Å². The highest BCUT2D eigenvalue weighted by Crippen LogP contribution is 2.31. The van der Waals surface area contributed by atoms with E-state index in [0.717, 1.165) is 25.9 Å². The van der Waals surface area contributed by atoms with Crippen molar-refractivity contribution in [3.05, 3.63) is 122 Å². The Morgan fingerprint density at radius 2 is 1.58 bits per heavy atom. The zero-order chi connectivity index (χ0) is 25.9. The highest BCUT2D eigenvalue weighted by Gasteiger charge is 2.26. The smallest absolute Gasteiger partial charge is 0.264 e. The average molecular weight is 631 g/mol. The number of hydrogen-bond acceptors (Lipinski definition) is 3. The van der Waals surface area contributed by atoms with E-state index in [9.17, 15) is 13.2 Å². The Morgan fingerprint density at radius 1 is 0.889 bits per heavy atom. The van der Waals surface area contributed by atoms with Gasteiger partial charge in [0.1, 0.15) is 0 Å². The molecular weight excluding hydrogens is 607 g/mol. The number of amides is 1. The molecule has 184 valence electrons. The third-order valence-electron chi connectivity index (χ3n) is 5.75. The van der Waals surface area contributed by atoms with Crippen molar-refractivity contribution >= 4 is 61.5 Å². The SMILES string of the molecule is Cc1cc(I)ccc1NC(=O)c1ccc(CN(c2cc(Cl)ccc2C)S(=O)(=O)c2ccccc2)cc1. The number of anilines is 2. The maximum Gasteiger partial charge on any atom is 0.264 e. The molecule has 0 aliphatic heterocycles. The molecule has 0 heterocycles. The molecule has 0 saturated heterocycles. The van der Waals surface area contributed by atoms with Gasteiger partial charge in [-0.1, -0.05) is 48.0 Å². The van der Waals surface area contributed by atoms with Crippen LogP contribution in [0.3, 0.4) is 0 Å². The highest BCUT2D eigenvalue weighted by molar-refractivity contribution is 14.1. The largest absolute Gasteiger partial charge is 0.322 e. The molecule has 0 saturated carbocycles. The van der Waals surface area contributed by atoms with Crippen LogP contribution in [0.2, 0.25) is 5.02 Å². The van der Waals surface area contributed by atoms with Crippen LogP contribution in [0.1, 0.15) is 27.0 Å². The Hall–Kier alpha value is -2.88. The lowest BCUT2D eigenvalue weighted by Gasteiger charge is -2.26. The summed E-state index contributed by atoms with van der Waals surface area (Å²) in [6.07, 6.45) is 0. The standard InChI is InChI=1S/C28H24ClIN2O3S/c1-19-8-13-23(29)17-27(19)32(36(34,35)25-6-4-3-5-7-25)18-21-9-11-22(12-10-21)28(33)31-26-15-14-24(30)16-20(26)2/h3-17H,18H2,1-2H3,(H,31,33). The normalized spacial score (nSPS) is 11.2. The molecule has 0 aliphatic rings. The lowest BCUT2D eigenvalue weighted by atomic mass is 10.1. The zero-order valence-electron chi connectivity index (χ0n) is 19.7. The Labute approximate surface area is 230 Å². The van der Waals surface area contributed by atoms with Gasteiger partial charge in [-0.05, 0) is 108 Å². The molecule has 5 nitrogen and oxygen atoms in total. The number of benzene rings is 4. The van der Waals surface area contributed by atoms with Crippen LogP contribution in [0.25, 0.3) is 0 Å². The predicted octanol–water partition coefficient (Wildman–Crippen LogP) is 7.21. The summed E-state index contributed by atoms with van der Waals surface area (Å²) in [5.74, 6) is -0.231. The molecule has 0 bridgehead atoms. The molecule has 1 amide bonds. The van der Waals surface area contributed by atoms with Crippen LogP contribution >= 0.6 is 34.2 Å². The first-order chi connectivity index (χ1) is 17.1. The molecule has 36 heavy (non-hydrogen) atoms. The number of aryl methyl sites for hydroxylation is 2. The molecule has 4 rings (SSSR count). The van der Waals surface area contributed by atoms with Crippen molar-refractivity contribution < 1.29 is 13.2 Å². The molecule has 0 atom stereocenters. The van der Waals surface area contributed by atoms with Crippen molar-refractivity contribution in [1.82, 2.24) is 0 Å². The van der Waals surface area contributed by atoms with Crippen molar-refractivity contribution in [3.63, 3.8) is 0 Å². The predicted molar refractivity (Wildman–Crippen MR) is 154 cm³/mol. The van der Waals surface area contributed by atoms with Crippen LogP contribution in [0.5, 0.6) is 0 Å². The quantitative estimate of drug-likeness (QED) is 0.220. The van der Waals surface area contributed by atoms with E-state index in [2.05, 4.69) is 27.9 Å². The van der Waals surface area contributed by atoms with Gasteiger partial charge in [-0.2, -0.15) is 0 Å². The third kappa shape index (κ3) is 5.91. The zero-order valence-corrected chi connectivity index (χ0v) is 23.4. The fraction of sp³-hybridized carbons (Fsp3) is 0.107. The molecule has 0 aliphatic carbocycles. The first-order valence-electron chi connectivity index (χ1n) is 11.2. The Morgan fingerprint density at radius 3 is 2.25 bits per heavy atom. The molecule has 0 aromatic heterocycles. The van der Waals surface area contributed by atoms with E-state index < -0.39 is 10.0 Å². The van der Waals surface area contributed by atoms with Gasteiger partial charge < -0.3 is 5.32 Å². The fourth-order valence-electron chi connectivity index (χ4n) is 3.76. The van der Waals surface area contributed by atoms with E-state index in [-0.39, 0.29) is 17.3 Å². The molecule has 0 spiro atoms. The van der Waals surface area contributed by atoms with Crippen LogP contribution in [0.4, 0.5) is 11.4 Å². The van der Waals surface area contributed by atoms with Gasteiger partial charge in [-0.25, -0.2) is 8.42 Å². The second kappa shape index (κ2) is 11.0. The number of rotatable bonds is 7. The second-order valence-corrected chi connectivity index (χ2v) is 11.9. The number of halogens is 2. The van der Waals surface area contributed by atoms with E-state index in [1.807, 2.05) is 32.0 Å². The first kappa shape index (κ1) is 26.2. The van der Waals surface area contributed by atoms with Crippen LogP contribution in [-0.2, 0) is 16.6 Å². The van der Waals surface area contributed by atoms with E-state index in [0.29, 0.717) is 16.3 Å². The molecule has 0 radical (unpaired) electrons. The van der Waals surface area contributed by atoms with Crippen LogP contribution in [0, 0.1) is 17.4 Å². The molecule has 1 N–H and O–H groups in total. The van der Waals surface area contributed by atoms with E-state index in [4.69, 9.17) is 11.6 Å². The van der Waals surface area contributed by atoms with Crippen molar-refractivity contribution in [1.29, 1.82) is 0 Å². The monoisotopic (exact) mass is 630 g/mol. The van der Waals surface area contributed by atoms with Gasteiger partial charge in [-0.3, -0.25) is 9.10 Å². The molecule has 8 heteroatoms. The van der Waals surface area contributed by atoms with Gasteiger partial charge in [0, 0.05) is 19.8 Å². The minimum atomic E-state index is -3.87. The number of carbonyl (C=O) groups excluding carboxylic acids is 1. The summed E-state index contributed by atoms with van der Waals surface area (Å²) >= 11 is 8.47. The van der Waals surface area contributed by atoms with Crippen molar-refractivity contribution in [3.8, 4) is 0 Å². The molecule has 0 fully saturated rings. The van der Waals surface area contributed by atoms with Gasteiger partial charge in [0.25, 0.3) is 15.9 Å². The summed E-state index contributed by atoms with van der Waals surface area (Å²) < 4.78 is 29.8. The summed E-state index contributed by atoms with van der Waals surface area (Å²) in [7, 11) is -3.87. The summed E-state index contributed by atoms with van der Waals surface area (Å²) in [6, 6.07) is 26.2. The maximum absolute atomic E-state index is 13.7. The Balaban J connectivity index is 1.63. The minimum Gasteiger partial charge on any atom is -0.322 e. The van der Waals surface area contributed by atoms with Crippen LogP contribution in [-0.4, -0.2) is 14.3 Å². The van der Waals surface area contributed by atoms with Crippen LogP contribution < -0.4 is 9.62 Å². The summed E-state index contributed by atoms with van der Waals surface area (Å²) in [6.45, 7) is 3.87. The molecule has 0 unspecified atom stereocenters. The molecular formula is C28H24ClIN2O3S. The lowest BCUT2D eigenvalue weighted by molar-refractivity contribution is 0.102. The highest BCUT2D eigenvalue weighted by atomic mass is 127. The Kier molecular flexibility index (Phi) is 8.02. The van der Waals surface area contributed by atoms with Gasteiger partial charge >= 0.3 is 0 Å². The second-order valence-electron chi connectivity index (χ2n) is 8.37. The van der Waals surface area contributed by atoms with Gasteiger partial charge in [0.15, 0.2) is 0 Å². The fourth-order valence-corrected chi connectivity index (χ4v) is 6.10. The summed E-state index contributed by atoms with van der Waals surface area (Å²) in [5, 5.41) is 3.38. The number of carbonyl (C=O) groups is 1. The van der Waals surface area contributed by atoms with Crippen molar-refractivity contribution in [2.75, 3.05) is 9.62 Å². The number of hydrogen-bond donors (Lipinski definition) is 1. The van der Waals surface area contributed by atoms with Crippen molar-refractivity contribution in [2.24, 2.45) is 0 Å². The minimum absolute atomic E-state index is 0.0799. The third-order valence-corrected chi connectivity index (χ3v) is 8.43. The molecule has 4 aromatic carbocycles. The van der Waals surface area contributed by atoms with Gasteiger partial charge in [0.05, 0.1) is 17.1 Å². The summed E-state index contributed by atoms with van der Waals surface area (Å²) in [4.78, 5) is 13.0. The number of sulfonamides is 1. The van der Waals surface area contributed by atoms with Crippen LogP contribution in [0.15, 0.2) is 95.9 Å². The topological polar surface area (TPSA) is 66.5 Å². The van der Waals surface area contributed by atoms with Gasteiger partial charge in [-0.15, -0.1) is 0 Å². The summed E-state index contributed by atoms with van der Waals surface area (Å²) in [5.41, 5.74) is 4.22. The molecule has 4 aromatic rings. The number of nitrogens with one attached hydrogen (secondary N) is 1. The first-order valence-corrected chi connectivity index (χ1v) is 14.1. The van der Waals surface area contributed by atoms with Crippen molar-refractivity contribution in [2.45, 2.75) is 25.3 Å². The number of nitrogens with zero attached hydrogens (tertiary/aromatic N) is 1. The maximum atomic E-state index is 13.7. The van der Waals surface area contributed by atoms with Gasteiger partial charge in [0.2, 0.25) is 0 Å². The van der Waals surface area contributed by atoms with E-state index >= 15 is 0 Å². The lowest BCUT2D eigenvalue weighted by Crippen LogP contribution is -2.31. The Bertz CT molecular complexity index is 1510. The average Bonchev–Trinajstić information content (AvgIpc) is 2.86.